The summed E-state index contributed by atoms with van der Waals surface area (Å²) in [5.41, 5.74) is 0.810. The Balaban J connectivity index is 1.71. The summed E-state index contributed by atoms with van der Waals surface area (Å²) in [7, 11) is -0.930. The van der Waals surface area contributed by atoms with E-state index in [4.69, 9.17) is 9.47 Å². The zero-order valence-electron chi connectivity index (χ0n) is 23.4. The van der Waals surface area contributed by atoms with Crippen LogP contribution in [0.25, 0.3) is 0 Å². The van der Waals surface area contributed by atoms with Crippen LogP contribution in [-0.2, 0) is 10.0 Å². The molecule has 3 atom stereocenters. The van der Waals surface area contributed by atoms with Crippen LogP contribution in [0.1, 0.15) is 34.6 Å². The minimum Gasteiger partial charge on any atom is -0.497 e. The number of ether oxygens (including phenoxy) is 2. The Morgan fingerprint density at radius 3 is 2.51 bits per heavy atom. The molecule has 4 rings (SSSR count). The average Bonchev–Trinajstić information content (AvgIpc) is 2.99. The molecule has 2 heterocycles. The molecule has 41 heavy (non-hydrogen) atoms. The highest BCUT2D eigenvalue weighted by atomic mass is 32.2. The van der Waals surface area contributed by atoms with Crippen LogP contribution in [0.2, 0.25) is 0 Å². The van der Waals surface area contributed by atoms with Crippen molar-refractivity contribution in [3.05, 3.63) is 78.1 Å². The summed E-state index contributed by atoms with van der Waals surface area (Å²) in [5.74, 6) is -0.487. The largest absolute Gasteiger partial charge is 0.497 e. The number of likely N-dealkylation sites (N-methyl/N-ethyl adjacent to an activating group) is 1. The van der Waals surface area contributed by atoms with Gasteiger partial charge in [-0.1, -0.05) is 13.0 Å². The smallest absolute Gasteiger partial charge is 0.258 e. The molecule has 0 unspecified atom stereocenters. The number of hydrogen-bond acceptors (Lipinski definition) is 8. The van der Waals surface area contributed by atoms with Crippen LogP contribution < -0.4 is 14.8 Å². The Kier molecular flexibility index (Phi) is 9.26. The fraction of sp³-hybridized carbons (Fsp3) is 0.345. The van der Waals surface area contributed by atoms with Crippen LogP contribution in [0.4, 0.5) is 5.69 Å². The molecule has 2 N–H and O–H groups in total. The first-order chi connectivity index (χ1) is 19.6. The fourth-order valence-corrected chi connectivity index (χ4v) is 5.72. The van der Waals surface area contributed by atoms with Crippen molar-refractivity contribution < 1.29 is 32.6 Å². The van der Waals surface area contributed by atoms with Gasteiger partial charge in [-0.25, -0.2) is 8.42 Å². The fourth-order valence-electron chi connectivity index (χ4n) is 4.54. The summed E-state index contributed by atoms with van der Waals surface area (Å²) in [4.78, 5) is 32.2. The van der Waals surface area contributed by atoms with Crippen LogP contribution in [0.5, 0.6) is 11.5 Å². The number of nitrogens with one attached hydrogen (secondary N) is 1. The monoisotopic (exact) mass is 582 g/mol. The van der Waals surface area contributed by atoms with Gasteiger partial charge in [0.15, 0.2) is 5.75 Å². The summed E-state index contributed by atoms with van der Waals surface area (Å²) in [6.07, 6.45) is 2.28. The molecule has 2 amide bonds. The van der Waals surface area contributed by atoms with Crippen molar-refractivity contribution in [1.82, 2.24) is 14.2 Å². The molecule has 0 bridgehead atoms. The molecule has 0 radical (unpaired) electrons. The van der Waals surface area contributed by atoms with Gasteiger partial charge in [-0.05, 0) is 55.5 Å². The van der Waals surface area contributed by atoms with Gasteiger partial charge in [0.2, 0.25) is 10.0 Å². The Hall–Kier alpha value is -4.00. The summed E-state index contributed by atoms with van der Waals surface area (Å²) in [6, 6.07) is 13.5. The molecular weight excluding hydrogens is 548 g/mol. The topological polar surface area (TPSA) is 138 Å². The number of sulfonamides is 1. The number of pyridine rings is 1. The summed E-state index contributed by atoms with van der Waals surface area (Å²) in [5, 5.41) is 12.7. The Morgan fingerprint density at radius 2 is 1.88 bits per heavy atom. The molecule has 3 aromatic rings. The normalized spacial score (nSPS) is 18.1. The number of benzene rings is 2. The van der Waals surface area contributed by atoms with Crippen molar-refractivity contribution in [1.29, 1.82) is 0 Å². The van der Waals surface area contributed by atoms with Gasteiger partial charge in [-0.2, -0.15) is 4.31 Å². The van der Waals surface area contributed by atoms with E-state index in [1.807, 2.05) is 6.92 Å². The highest BCUT2D eigenvalue weighted by Crippen LogP contribution is 2.35. The van der Waals surface area contributed by atoms with Crippen LogP contribution >= 0.6 is 0 Å². The van der Waals surface area contributed by atoms with Crippen molar-refractivity contribution >= 4 is 27.5 Å². The first-order valence-corrected chi connectivity index (χ1v) is 14.5. The van der Waals surface area contributed by atoms with E-state index in [0.717, 1.165) is 0 Å². The molecular formula is C29H34N4O7S. The Bertz CT molecular complexity index is 1480. The molecule has 0 saturated heterocycles. The number of rotatable bonds is 9. The maximum atomic E-state index is 13.7. The van der Waals surface area contributed by atoms with Crippen molar-refractivity contribution in [2.75, 3.05) is 39.2 Å². The molecule has 1 aromatic heterocycles. The van der Waals surface area contributed by atoms with E-state index >= 15 is 0 Å². The number of carbonyl (C=O) groups is 2. The number of aliphatic hydroxyl groups excluding tert-OH is 1. The van der Waals surface area contributed by atoms with Gasteiger partial charge in [0.05, 0.1) is 42.4 Å². The second kappa shape index (κ2) is 12.7. The summed E-state index contributed by atoms with van der Waals surface area (Å²) < 4.78 is 39.6. The Labute approximate surface area is 239 Å². The third-order valence-electron chi connectivity index (χ3n) is 7.09. The number of carbonyl (C=O) groups excluding carboxylic acids is 2. The maximum Gasteiger partial charge on any atom is 0.258 e. The molecule has 1 aliphatic heterocycles. The lowest BCUT2D eigenvalue weighted by Gasteiger charge is -2.38. The van der Waals surface area contributed by atoms with Crippen molar-refractivity contribution in [3.8, 4) is 11.5 Å². The number of amides is 2. The van der Waals surface area contributed by atoms with Gasteiger partial charge < -0.3 is 24.8 Å². The average molecular weight is 583 g/mol. The van der Waals surface area contributed by atoms with E-state index in [1.165, 1.54) is 43.0 Å². The molecule has 2 aromatic carbocycles. The molecule has 0 saturated carbocycles. The lowest BCUT2D eigenvalue weighted by molar-refractivity contribution is 0.0388. The molecule has 12 heteroatoms. The number of hydrogen-bond donors (Lipinski definition) is 2. The first-order valence-electron chi connectivity index (χ1n) is 13.1. The highest BCUT2D eigenvalue weighted by Gasteiger charge is 2.36. The predicted octanol–water partition coefficient (Wildman–Crippen LogP) is 2.88. The van der Waals surface area contributed by atoms with E-state index in [2.05, 4.69) is 10.3 Å². The van der Waals surface area contributed by atoms with Crippen LogP contribution in [0.15, 0.2) is 71.9 Å². The third-order valence-corrected chi connectivity index (χ3v) is 8.92. The van der Waals surface area contributed by atoms with Crippen LogP contribution in [0, 0.1) is 5.92 Å². The lowest BCUT2D eigenvalue weighted by Crippen LogP contribution is -2.50. The van der Waals surface area contributed by atoms with Gasteiger partial charge in [-0.3, -0.25) is 14.6 Å². The first kappa shape index (κ1) is 30.0. The number of aromatic nitrogens is 1. The molecule has 0 aliphatic carbocycles. The van der Waals surface area contributed by atoms with E-state index in [1.54, 1.807) is 54.3 Å². The predicted molar refractivity (Wildman–Crippen MR) is 153 cm³/mol. The van der Waals surface area contributed by atoms with Gasteiger partial charge in [0.1, 0.15) is 11.9 Å². The Morgan fingerprint density at radius 1 is 1.20 bits per heavy atom. The molecule has 11 nitrogen and oxygen atoms in total. The number of para-hydroxylation sites is 1. The summed E-state index contributed by atoms with van der Waals surface area (Å²) >= 11 is 0. The van der Waals surface area contributed by atoms with E-state index < -0.39 is 28.1 Å². The van der Waals surface area contributed by atoms with Gasteiger partial charge in [0.25, 0.3) is 11.8 Å². The number of aliphatic hydroxyl groups is 1. The van der Waals surface area contributed by atoms with E-state index in [0.29, 0.717) is 11.3 Å². The van der Waals surface area contributed by atoms with E-state index in [9.17, 15) is 23.1 Å². The number of anilines is 1. The lowest BCUT2D eigenvalue weighted by atomic mass is 9.99. The maximum absolute atomic E-state index is 13.7. The van der Waals surface area contributed by atoms with Crippen molar-refractivity contribution in [2.24, 2.45) is 5.92 Å². The SMILES string of the molecule is COc1ccc(S(=O)(=O)N(C)C[C@@H]2Oc3c(NC(=O)c4ccncc4)cccc3C(=O)N([C@@H](C)CO)C[C@H]2C)cc1. The van der Waals surface area contributed by atoms with Gasteiger partial charge in [0, 0.05) is 37.5 Å². The molecule has 0 spiro atoms. The second-order valence-corrected chi connectivity index (χ2v) is 12.0. The number of nitrogens with zero attached hydrogens (tertiary/aromatic N) is 3. The van der Waals surface area contributed by atoms with Crippen molar-refractivity contribution in [3.63, 3.8) is 0 Å². The van der Waals surface area contributed by atoms with Crippen molar-refractivity contribution in [2.45, 2.75) is 30.9 Å². The van der Waals surface area contributed by atoms with Crippen LogP contribution in [0.3, 0.4) is 0 Å². The van der Waals surface area contributed by atoms with Gasteiger partial charge >= 0.3 is 0 Å². The quantitative estimate of drug-likeness (QED) is 0.393. The highest BCUT2D eigenvalue weighted by molar-refractivity contribution is 7.89. The third kappa shape index (κ3) is 6.50. The number of methoxy groups -OCH3 is 1. The zero-order valence-corrected chi connectivity index (χ0v) is 24.2. The minimum atomic E-state index is -3.89. The molecule has 1 aliphatic rings. The standard InChI is InChI=1S/C29H34N4O7S/c1-19-16-33(20(2)18-34)29(36)24-6-5-7-25(31-28(35)21-12-14-30-15-13-21)27(24)40-26(19)17-32(3)41(37,38)23-10-8-22(39-4)9-11-23/h5-15,19-20,26,34H,16-18H2,1-4H3,(H,31,35)/t19-,20+,26+/m1/s1. The molecule has 218 valence electrons. The minimum absolute atomic E-state index is 0.0445. The second-order valence-electron chi connectivity index (χ2n) is 9.96. The summed E-state index contributed by atoms with van der Waals surface area (Å²) in [6.45, 7) is 3.50. The van der Waals surface area contributed by atoms with Crippen LogP contribution in [-0.4, -0.2) is 85.5 Å². The van der Waals surface area contributed by atoms with E-state index in [-0.39, 0.29) is 53.4 Å². The zero-order chi connectivity index (χ0) is 29.7. The number of fused-ring (bicyclic) bond motifs is 1. The van der Waals surface area contributed by atoms with Gasteiger partial charge in [-0.15, -0.1) is 0 Å². The molecule has 0 fully saturated rings.